The molecule has 0 heterocycles. The number of amides is 1. The zero-order valence-corrected chi connectivity index (χ0v) is 10.9. The average Bonchev–Trinajstić information content (AvgIpc) is 2.26. The van der Waals surface area contributed by atoms with E-state index in [0.717, 1.165) is 12.8 Å². The van der Waals surface area contributed by atoms with Gasteiger partial charge in [0, 0.05) is 6.04 Å². The zero-order chi connectivity index (χ0) is 13.1. The fourth-order valence-corrected chi connectivity index (χ4v) is 1.10. The lowest BCUT2D eigenvalue weighted by atomic mass is 10.0. The molecular weight excluding hydrogens is 206 g/mol. The van der Waals surface area contributed by atoms with Gasteiger partial charge in [-0.05, 0) is 13.3 Å². The summed E-state index contributed by atoms with van der Waals surface area (Å²) in [6.45, 7) is 7.66. The van der Waals surface area contributed by atoms with E-state index in [1.165, 1.54) is 0 Å². The normalized spacial score (nSPS) is 15.4. The van der Waals surface area contributed by atoms with Crippen LogP contribution in [0, 0.1) is 0 Å². The first-order chi connectivity index (χ1) is 7.49. The molecule has 0 rings (SSSR count). The number of unbranched alkanes of at least 4 members (excludes halogenated alkanes) is 1. The fraction of sp³-hybridized carbons (Fsp3) is 0.909. The van der Waals surface area contributed by atoms with Crippen molar-refractivity contribution in [1.82, 2.24) is 5.32 Å². The summed E-state index contributed by atoms with van der Waals surface area (Å²) in [7, 11) is 0. The number of aliphatic hydroxyl groups is 1. The van der Waals surface area contributed by atoms with Gasteiger partial charge in [-0.25, -0.2) is 0 Å². The largest absolute Gasteiger partial charge is 0.382 e. The zero-order valence-electron chi connectivity index (χ0n) is 10.9. The SMILES string of the molecule is CC.CCCCC(N)C(O)C(=O)NC(C)N. The maximum atomic E-state index is 11.2. The van der Waals surface area contributed by atoms with E-state index in [1.54, 1.807) is 6.92 Å². The highest BCUT2D eigenvalue weighted by molar-refractivity contribution is 5.81. The molecule has 0 aromatic rings. The van der Waals surface area contributed by atoms with Gasteiger partial charge in [0.05, 0.1) is 6.17 Å². The molecule has 16 heavy (non-hydrogen) atoms. The molecule has 0 radical (unpaired) electrons. The van der Waals surface area contributed by atoms with Crippen LogP contribution in [0.3, 0.4) is 0 Å². The lowest BCUT2D eigenvalue weighted by molar-refractivity contribution is -0.131. The van der Waals surface area contributed by atoms with E-state index in [-0.39, 0.29) is 0 Å². The number of carbonyl (C=O) groups is 1. The minimum atomic E-state index is -1.16. The molecule has 98 valence electrons. The Morgan fingerprint density at radius 2 is 1.88 bits per heavy atom. The fourth-order valence-electron chi connectivity index (χ4n) is 1.10. The maximum absolute atomic E-state index is 11.2. The molecule has 0 spiro atoms. The van der Waals surface area contributed by atoms with Crippen molar-refractivity contribution in [3.63, 3.8) is 0 Å². The molecule has 0 saturated heterocycles. The first-order valence-corrected chi connectivity index (χ1v) is 5.98. The van der Waals surface area contributed by atoms with Crippen LogP contribution in [0.5, 0.6) is 0 Å². The van der Waals surface area contributed by atoms with Gasteiger partial charge in [0.2, 0.25) is 0 Å². The summed E-state index contributed by atoms with van der Waals surface area (Å²) in [4.78, 5) is 11.2. The molecule has 0 fully saturated rings. The van der Waals surface area contributed by atoms with E-state index in [9.17, 15) is 9.90 Å². The maximum Gasteiger partial charge on any atom is 0.251 e. The number of nitrogens with one attached hydrogen (secondary N) is 1. The van der Waals surface area contributed by atoms with Crippen molar-refractivity contribution in [1.29, 1.82) is 0 Å². The third-order valence-electron chi connectivity index (χ3n) is 1.94. The highest BCUT2D eigenvalue weighted by atomic mass is 16.3. The molecule has 1 amide bonds. The monoisotopic (exact) mass is 233 g/mol. The highest BCUT2D eigenvalue weighted by Gasteiger charge is 2.22. The van der Waals surface area contributed by atoms with Crippen LogP contribution in [-0.4, -0.2) is 29.3 Å². The number of hydrogen-bond donors (Lipinski definition) is 4. The molecule has 0 aromatic heterocycles. The van der Waals surface area contributed by atoms with Crippen molar-refractivity contribution in [3.05, 3.63) is 0 Å². The molecule has 0 aromatic carbocycles. The van der Waals surface area contributed by atoms with Crippen LogP contribution in [0.15, 0.2) is 0 Å². The summed E-state index contributed by atoms with van der Waals surface area (Å²) >= 11 is 0. The molecule has 5 heteroatoms. The third kappa shape index (κ3) is 8.64. The lowest BCUT2D eigenvalue weighted by Crippen LogP contribution is -2.50. The average molecular weight is 233 g/mol. The molecule has 0 bridgehead atoms. The molecule has 0 saturated carbocycles. The summed E-state index contributed by atoms with van der Waals surface area (Å²) in [6, 6.07) is -0.506. The Morgan fingerprint density at radius 1 is 1.38 bits per heavy atom. The third-order valence-corrected chi connectivity index (χ3v) is 1.94. The second-order valence-electron chi connectivity index (χ2n) is 3.55. The van der Waals surface area contributed by atoms with Crippen molar-refractivity contribution in [2.24, 2.45) is 11.5 Å². The Hall–Kier alpha value is -0.650. The van der Waals surface area contributed by atoms with Crippen LogP contribution >= 0.6 is 0 Å². The summed E-state index contributed by atoms with van der Waals surface area (Å²) < 4.78 is 0. The van der Waals surface area contributed by atoms with Gasteiger partial charge in [-0.1, -0.05) is 33.6 Å². The Balaban J connectivity index is 0. The smallest absolute Gasteiger partial charge is 0.251 e. The van der Waals surface area contributed by atoms with Gasteiger partial charge in [0.25, 0.3) is 5.91 Å². The van der Waals surface area contributed by atoms with Gasteiger partial charge in [0.1, 0.15) is 6.10 Å². The molecule has 5 nitrogen and oxygen atoms in total. The Kier molecular flexibility index (Phi) is 12.0. The van der Waals surface area contributed by atoms with Crippen molar-refractivity contribution >= 4 is 5.91 Å². The number of nitrogens with two attached hydrogens (primary N) is 2. The molecule has 3 unspecified atom stereocenters. The second kappa shape index (κ2) is 10.9. The van der Waals surface area contributed by atoms with Crippen LogP contribution in [0.1, 0.15) is 47.0 Å². The van der Waals surface area contributed by atoms with Gasteiger partial charge in [-0.3, -0.25) is 4.79 Å². The van der Waals surface area contributed by atoms with E-state index in [1.807, 2.05) is 20.8 Å². The van der Waals surface area contributed by atoms with E-state index in [4.69, 9.17) is 11.5 Å². The predicted octanol–water partition coefficient (Wildman–Crippen LogP) is 0.312. The van der Waals surface area contributed by atoms with Crippen LogP contribution in [0.4, 0.5) is 0 Å². The molecule has 0 aliphatic rings. The van der Waals surface area contributed by atoms with Gasteiger partial charge < -0.3 is 21.9 Å². The topological polar surface area (TPSA) is 101 Å². The van der Waals surface area contributed by atoms with Crippen LogP contribution in [-0.2, 0) is 4.79 Å². The molecule has 3 atom stereocenters. The van der Waals surface area contributed by atoms with E-state index >= 15 is 0 Å². The van der Waals surface area contributed by atoms with Crippen molar-refractivity contribution in [3.8, 4) is 0 Å². The van der Waals surface area contributed by atoms with Gasteiger partial charge in [0.15, 0.2) is 0 Å². The second-order valence-corrected chi connectivity index (χ2v) is 3.55. The first-order valence-electron chi connectivity index (χ1n) is 5.98. The molecule has 6 N–H and O–H groups in total. The highest BCUT2D eigenvalue weighted by Crippen LogP contribution is 2.02. The summed E-state index contributed by atoms with van der Waals surface area (Å²) in [5, 5.41) is 11.9. The van der Waals surface area contributed by atoms with Gasteiger partial charge in [-0.2, -0.15) is 0 Å². The minimum absolute atomic E-state index is 0.462. The number of carbonyl (C=O) groups excluding carboxylic acids is 1. The van der Waals surface area contributed by atoms with Crippen molar-refractivity contribution < 1.29 is 9.90 Å². The van der Waals surface area contributed by atoms with E-state index in [2.05, 4.69) is 5.32 Å². The predicted molar refractivity (Wildman–Crippen MR) is 66.6 cm³/mol. The summed E-state index contributed by atoms with van der Waals surface area (Å²) in [5.74, 6) is -0.497. The number of aliphatic hydroxyl groups excluding tert-OH is 1. The first kappa shape index (κ1) is 17.7. The van der Waals surface area contributed by atoms with E-state index in [0.29, 0.717) is 6.42 Å². The number of hydrogen-bond acceptors (Lipinski definition) is 4. The standard InChI is InChI=1S/C9H21N3O2.C2H6/c1-3-4-5-7(11)8(13)9(14)12-6(2)10;1-2/h6-8,13H,3-5,10-11H2,1-2H3,(H,12,14);1-2H3. The molecule has 0 aliphatic heterocycles. The number of rotatable bonds is 6. The molecular formula is C11H27N3O2. The van der Waals surface area contributed by atoms with Crippen molar-refractivity contribution in [2.75, 3.05) is 0 Å². The summed E-state index contributed by atoms with van der Waals surface area (Å²) in [6.07, 6.45) is 0.923. The Bertz CT molecular complexity index is 175. The van der Waals surface area contributed by atoms with E-state index < -0.39 is 24.2 Å². The van der Waals surface area contributed by atoms with Crippen LogP contribution in [0.2, 0.25) is 0 Å². The van der Waals surface area contributed by atoms with Crippen LogP contribution in [0.25, 0.3) is 0 Å². The Labute approximate surface area is 98.6 Å². The summed E-state index contributed by atoms with van der Waals surface area (Å²) in [5.41, 5.74) is 11.0. The Morgan fingerprint density at radius 3 is 2.25 bits per heavy atom. The molecule has 0 aliphatic carbocycles. The minimum Gasteiger partial charge on any atom is -0.382 e. The van der Waals surface area contributed by atoms with Gasteiger partial charge in [-0.15, -0.1) is 0 Å². The quantitative estimate of drug-likeness (QED) is 0.496. The van der Waals surface area contributed by atoms with Gasteiger partial charge >= 0.3 is 0 Å². The lowest BCUT2D eigenvalue weighted by Gasteiger charge is -2.19. The van der Waals surface area contributed by atoms with Crippen LogP contribution < -0.4 is 16.8 Å². The van der Waals surface area contributed by atoms with Crippen molar-refractivity contribution in [2.45, 2.75) is 65.3 Å².